The van der Waals surface area contributed by atoms with Gasteiger partial charge in [0.05, 0.1) is 5.69 Å². The molecule has 0 bridgehead atoms. The molecule has 0 aliphatic heterocycles. The molecule has 0 aliphatic rings. The number of hydrogen-bond acceptors (Lipinski definition) is 4. The number of nitrogens with two attached hydrogens (primary N) is 1. The van der Waals surface area contributed by atoms with Crippen LogP contribution in [0.1, 0.15) is 20.3 Å². The molecule has 5 nitrogen and oxygen atoms in total. The average molecular weight is 271 g/mol. The van der Waals surface area contributed by atoms with Crippen molar-refractivity contribution < 1.29 is 8.42 Å². The van der Waals surface area contributed by atoms with E-state index in [-0.39, 0.29) is 10.9 Å². The van der Waals surface area contributed by atoms with E-state index < -0.39 is 10.0 Å². The third kappa shape index (κ3) is 4.29. The molecule has 4 N–H and O–H groups in total. The maximum absolute atomic E-state index is 12.1. The van der Waals surface area contributed by atoms with Gasteiger partial charge in [-0.25, -0.2) is 13.1 Å². The summed E-state index contributed by atoms with van der Waals surface area (Å²) in [5, 5.41) is 3.05. The van der Waals surface area contributed by atoms with E-state index >= 15 is 0 Å². The van der Waals surface area contributed by atoms with E-state index in [4.69, 9.17) is 5.73 Å². The molecule has 0 radical (unpaired) electrons. The molecule has 0 spiro atoms. The van der Waals surface area contributed by atoms with Crippen molar-refractivity contribution in [1.82, 2.24) is 4.72 Å². The van der Waals surface area contributed by atoms with Crippen LogP contribution in [-0.4, -0.2) is 27.5 Å². The zero-order valence-corrected chi connectivity index (χ0v) is 11.6. The Bertz CT molecular complexity index is 472. The molecule has 102 valence electrons. The van der Waals surface area contributed by atoms with Gasteiger partial charge in [0.25, 0.3) is 0 Å². The highest BCUT2D eigenvalue weighted by atomic mass is 32.2. The summed E-state index contributed by atoms with van der Waals surface area (Å²) >= 11 is 0. The Balaban J connectivity index is 2.94. The second kappa shape index (κ2) is 6.72. The van der Waals surface area contributed by atoms with Gasteiger partial charge >= 0.3 is 0 Å². The summed E-state index contributed by atoms with van der Waals surface area (Å²) in [6.45, 7) is 4.74. The van der Waals surface area contributed by atoms with Gasteiger partial charge in [0.2, 0.25) is 10.0 Å². The molecule has 0 amide bonds. The molecule has 0 saturated heterocycles. The number of rotatable bonds is 7. The zero-order chi connectivity index (χ0) is 13.6. The van der Waals surface area contributed by atoms with Crippen molar-refractivity contribution in [2.24, 2.45) is 5.73 Å². The van der Waals surface area contributed by atoms with Crippen molar-refractivity contribution in [2.45, 2.75) is 31.2 Å². The first-order valence-corrected chi connectivity index (χ1v) is 7.54. The van der Waals surface area contributed by atoms with Crippen molar-refractivity contribution in [1.29, 1.82) is 0 Å². The van der Waals surface area contributed by atoms with Gasteiger partial charge in [-0.05, 0) is 25.5 Å². The first kappa shape index (κ1) is 14.9. The maximum Gasteiger partial charge on any atom is 0.242 e. The van der Waals surface area contributed by atoms with Crippen LogP contribution in [-0.2, 0) is 10.0 Å². The first-order valence-electron chi connectivity index (χ1n) is 6.05. The normalized spacial score (nSPS) is 13.3. The average Bonchev–Trinajstić information content (AvgIpc) is 2.34. The van der Waals surface area contributed by atoms with E-state index in [1.807, 2.05) is 13.8 Å². The molecule has 0 saturated carbocycles. The Hall–Kier alpha value is -1.11. The monoisotopic (exact) mass is 271 g/mol. The molecular weight excluding hydrogens is 250 g/mol. The quantitative estimate of drug-likeness (QED) is 0.694. The smallest absolute Gasteiger partial charge is 0.242 e. The minimum atomic E-state index is -3.45. The molecule has 0 fully saturated rings. The molecule has 18 heavy (non-hydrogen) atoms. The minimum Gasteiger partial charge on any atom is -0.382 e. The van der Waals surface area contributed by atoms with Crippen LogP contribution in [0.5, 0.6) is 0 Å². The summed E-state index contributed by atoms with van der Waals surface area (Å²) < 4.78 is 26.7. The van der Waals surface area contributed by atoms with Gasteiger partial charge in [-0.2, -0.15) is 0 Å². The Morgan fingerprint density at radius 3 is 2.61 bits per heavy atom. The molecule has 1 atom stereocenters. The summed E-state index contributed by atoms with van der Waals surface area (Å²) in [4.78, 5) is 0.263. The third-order valence-corrected chi connectivity index (χ3v) is 3.85. The first-order chi connectivity index (χ1) is 8.47. The SMILES string of the molecule is CCCNS(=O)(=O)c1ccccc1NCC(C)N. The summed E-state index contributed by atoms with van der Waals surface area (Å²) in [6, 6.07) is 6.79. The second-order valence-electron chi connectivity index (χ2n) is 4.25. The molecule has 0 aliphatic carbocycles. The Labute approximate surface area is 109 Å². The van der Waals surface area contributed by atoms with Crippen LogP contribution in [0.3, 0.4) is 0 Å². The van der Waals surface area contributed by atoms with E-state index in [1.54, 1.807) is 24.3 Å². The molecule has 0 heterocycles. The Morgan fingerprint density at radius 1 is 1.33 bits per heavy atom. The van der Waals surface area contributed by atoms with Gasteiger partial charge in [0.15, 0.2) is 0 Å². The topological polar surface area (TPSA) is 84.2 Å². The molecular formula is C12H21N3O2S. The molecule has 1 rings (SSSR count). The Morgan fingerprint density at radius 2 is 2.00 bits per heavy atom. The lowest BCUT2D eigenvalue weighted by molar-refractivity contribution is 0.581. The van der Waals surface area contributed by atoms with E-state index in [0.717, 1.165) is 6.42 Å². The summed E-state index contributed by atoms with van der Waals surface area (Å²) in [5.41, 5.74) is 6.23. The molecule has 1 aromatic rings. The third-order valence-electron chi connectivity index (χ3n) is 2.33. The second-order valence-corrected chi connectivity index (χ2v) is 5.99. The molecule has 6 heteroatoms. The van der Waals surface area contributed by atoms with Crippen LogP contribution in [0.4, 0.5) is 5.69 Å². The number of sulfonamides is 1. The lowest BCUT2D eigenvalue weighted by atomic mass is 10.3. The standard InChI is InChI=1S/C12H21N3O2S/c1-3-8-15-18(16,17)12-7-5-4-6-11(12)14-9-10(2)13/h4-7,10,14-15H,3,8-9,13H2,1-2H3. The van der Waals surface area contributed by atoms with Gasteiger partial charge in [0.1, 0.15) is 4.90 Å². The van der Waals surface area contributed by atoms with Gasteiger partial charge in [-0.15, -0.1) is 0 Å². The number of para-hydroxylation sites is 1. The van der Waals surface area contributed by atoms with Gasteiger partial charge in [-0.1, -0.05) is 19.1 Å². The van der Waals surface area contributed by atoms with Crippen molar-refractivity contribution in [3.8, 4) is 0 Å². The number of nitrogens with one attached hydrogen (secondary N) is 2. The number of hydrogen-bond donors (Lipinski definition) is 3. The van der Waals surface area contributed by atoms with Crippen molar-refractivity contribution in [2.75, 3.05) is 18.4 Å². The fourth-order valence-electron chi connectivity index (χ4n) is 1.43. The van der Waals surface area contributed by atoms with Crippen LogP contribution in [0.15, 0.2) is 29.2 Å². The fourth-order valence-corrected chi connectivity index (χ4v) is 2.75. The highest BCUT2D eigenvalue weighted by molar-refractivity contribution is 7.89. The van der Waals surface area contributed by atoms with Gasteiger partial charge in [-0.3, -0.25) is 0 Å². The van der Waals surface area contributed by atoms with E-state index in [0.29, 0.717) is 18.8 Å². The maximum atomic E-state index is 12.1. The largest absolute Gasteiger partial charge is 0.382 e. The lowest BCUT2D eigenvalue weighted by Gasteiger charge is -2.14. The lowest BCUT2D eigenvalue weighted by Crippen LogP contribution is -2.28. The predicted octanol–water partition coefficient (Wildman–Crippen LogP) is 1.13. The van der Waals surface area contributed by atoms with Gasteiger partial charge < -0.3 is 11.1 Å². The minimum absolute atomic E-state index is 0.0376. The van der Waals surface area contributed by atoms with Crippen molar-refractivity contribution in [3.05, 3.63) is 24.3 Å². The van der Waals surface area contributed by atoms with Gasteiger partial charge in [0, 0.05) is 19.1 Å². The van der Waals surface area contributed by atoms with E-state index in [2.05, 4.69) is 10.0 Å². The van der Waals surface area contributed by atoms with Crippen LogP contribution in [0, 0.1) is 0 Å². The highest BCUT2D eigenvalue weighted by Gasteiger charge is 2.17. The fraction of sp³-hybridized carbons (Fsp3) is 0.500. The Kier molecular flexibility index (Phi) is 5.58. The number of anilines is 1. The predicted molar refractivity (Wildman–Crippen MR) is 74.1 cm³/mol. The van der Waals surface area contributed by atoms with Crippen LogP contribution >= 0.6 is 0 Å². The van der Waals surface area contributed by atoms with Crippen LogP contribution in [0.2, 0.25) is 0 Å². The van der Waals surface area contributed by atoms with Crippen LogP contribution < -0.4 is 15.8 Å². The zero-order valence-electron chi connectivity index (χ0n) is 10.8. The van der Waals surface area contributed by atoms with E-state index in [9.17, 15) is 8.42 Å². The van der Waals surface area contributed by atoms with E-state index in [1.165, 1.54) is 0 Å². The summed E-state index contributed by atoms with van der Waals surface area (Å²) in [5.74, 6) is 0. The molecule has 0 aromatic heterocycles. The van der Waals surface area contributed by atoms with Crippen molar-refractivity contribution >= 4 is 15.7 Å². The summed E-state index contributed by atoms with van der Waals surface area (Å²) in [7, 11) is -3.45. The number of benzene rings is 1. The highest BCUT2D eigenvalue weighted by Crippen LogP contribution is 2.20. The van der Waals surface area contributed by atoms with Crippen LogP contribution in [0.25, 0.3) is 0 Å². The summed E-state index contributed by atoms with van der Waals surface area (Å²) in [6.07, 6.45) is 0.759. The molecule has 1 aromatic carbocycles. The molecule has 1 unspecified atom stereocenters. The van der Waals surface area contributed by atoms with Crippen molar-refractivity contribution in [3.63, 3.8) is 0 Å².